The van der Waals surface area contributed by atoms with Crippen LogP contribution >= 0.6 is 0 Å². The quantitative estimate of drug-likeness (QED) is 0.495. The number of rotatable bonds is 8. The predicted molar refractivity (Wildman–Crippen MR) is 116 cm³/mol. The lowest BCUT2D eigenvalue weighted by Crippen LogP contribution is -2.47. The molecule has 1 N–H and O–H groups in total. The summed E-state index contributed by atoms with van der Waals surface area (Å²) in [4.78, 5) is 28.3. The van der Waals surface area contributed by atoms with Gasteiger partial charge in [0, 0.05) is 38.9 Å². The molecular formula is C23H26N4O5. The molecule has 2 heterocycles. The minimum Gasteiger partial charge on any atom is -0.493 e. The lowest BCUT2D eigenvalue weighted by atomic mass is 10.1. The molecule has 1 saturated heterocycles. The molecule has 0 bridgehead atoms. The van der Waals surface area contributed by atoms with Gasteiger partial charge in [0.2, 0.25) is 0 Å². The van der Waals surface area contributed by atoms with Gasteiger partial charge in [-0.2, -0.15) is 5.26 Å². The second-order valence-electron chi connectivity index (χ2n) is 7.16. The maximum atomic E-state index is 12.4. The van der Waals surface area contributed by atoms with Crippen LogP contribution < -0.4 is 14.8 Å². The number of furan rings is 1. The summed E-state index contributed by atoms with van der Waals surface area (Å²) in [7, 11) is 3.14. The van der Waals surface area contributed by atoms with E-state index in [1.54, 1.807) is 37.5 Å². The Labute approximate surface area is 186 Å². The number of amides is 2. The summed E-state index contributed by atoms with van der Waals surface area (Å²) in [6.45, 7) is 2.39. The van der Waals surface area contributed by atoms with E-state index in [4.69, 9.17) is 13.9 Å². The van der Waals surface area contributed by atoms with Crippen molar-refractivity contribution in [2.24, 2.45) is 0 Å². The maximum absolute atomic E-state index is 12.4. The van der Waals surface area contributed by atoms with E-state index in [1.807, 2.05) is 29.2 Å². The van der Waals surface area contributed by atoms with Crippen LogP contribution in [-0.4, -0.2) is 68.6 Å². The van der Waals surface area contributed by atoms with Gasteiger partial charge in [0.1, 0.15) is 11.6 Å². The fourth-order valence-electron chi connectivity index (χ4n) is 3.38. The van der Waals surface area contributed by atoms with Crippen LogP contribution in [-0.2, 0) is 11.2 Å². The van der Waals surface area contributed by atoms with Crippen molar-refractivity contribution in [2.45, 2.75) is 6.42 Å². The summed E-state index contributed by atoms with van der Waals surface area (Å²) in [6, 6.07) is 10.8. The topological polar surface area (TPSA) is 108 Å². The van der Waals surface area contributed by atoms with Crippen LogP contribution in [0.1, 0.15) is 16.1 Å². The summed E-state index contributed by atoms with van der Waals surface area (Å²) in [5.41, 5.74) is 1.01. The molecule has 0 atom stereocenters. The van der Waals surface area contributed by atoms with Crippen molar-refractivity contribution < 1.29 is 23.5 Å². The Morgan fingerprint density at radius 1 is 1.16 bits per heavy atom. The highest BCUT2D eigenvalue weighted by atomic mass is 16.5. The number of hydrogen-bond acceptors (Lipinski definition) is 7. The molecule has 0 aliphatic carbocycles. The number of nitriles is 1. The largest absolute Gasteiger partial charge is 0.493 e. The Balaban J connectivity index is 1.49. The maximum Gasteiger partial charge on any atom is 0.289 e. The van der Waals surface area contributed by atoms with Gasteiger partial charge in [-0.1, -0.05) is 6.07 Å². The van der Waals surface area contributed by atoms with Gasteiger partial charge in [-0.05, 0) is 36.2 Å². The summed E-state index contributed by atoms with van der Waals surface area (Å²) < 4.78 is 15.7. The number of benzene rings is 1. The van der Waals surface area contributed by atoms with Crippen LogP contribution in [0.3, 0.4) is 0 Å². The normalized spacial score (nSPS) is 14.0. The van der Waals surface area contributed by atoms with Gasteiger partial charge in [-0.25, -0.2) is 0 Å². The fourth-order valence-corrected chi connectivity index (χ4v) is 3.38. The molecule has 2 amide bonds. The van der Waals surface area contributed by atoms with Crippen molar-refractivity contribution in [3.63, 3.8) is 0 Å². The molecule has 1 fully saturated rings. The minimum absolute atomic E-state index is 0.0307. The van der Waals surface area contributed by atoms with Crippen LogP contribution in [0.5, 0.6) is 11.5 Å². The van der Waals surface area contributed by atoms with Crippen LogP contribution in [0, 0.1) is 11.3 Å². The molecule has 1 aromatic heterocycles. The van der Waals surface area contributed by atoms with Crippen LogP contribution in [0.4, 0.5) is 0 Å². The van der Waals surface area contributed by atoms with E-state index in [1.165, 1.54) is 6.26 Å². The lowest BCUT2D eigenvalue weighted by Gasteiger charge is -2.33. The zero-order chi connectivity index (χ0) is 22.9. The van der Waals surface area contributed by atoms with E-state index in [-0.39, 0.29) is 11.5 Å². The van der Waals surface area contributed by atoms with E-state index >= 15 is 0 Å². The van der Waals surface area contributed by atoms with Gasteiger partial charge in [0.25, 0.3) is 11.8 Å². The number of nitrogens with zero attached hydrogens (tertiary/aromatic N) is 3. The molecule has 0 unspecified atom stereocenters. The first-order valence-corrected chi connectivity index (χ1v) is 10.2. The first-order valence-electron chi connectivity index (χ1n) is 10.2. The number of methoxy groups -OCH3 is 2. The Kier molecular flexibility index (Phi) is 7.75. The third kappa shape index (κ3) is 5.60. The van der Waals surface area contributed by atoms with E-state index in [0.29, 0.717) is 56.4 Å². The number of carbonyl (C=O) groups excluding carboxylic acids is 2. The highest BCUT2D eigenvalue weighted by Gasteiger charge is 2.23. The monoisotopic (exact) mass is 438 g/mol. The summed E-state index contributed by atoms with van der Waals surface area (Å²) in [5.74, 6) is 0.981. The van der Waals surface area contributed by atoms with Gasteiger partial charge in [-0.3, -0.25) is 9.59 Å². The Hall–Kier alpha value is -3.93. The average molecular weight is 438 g/mol. The van der Waals surface area contributed by atoms with Gasteiger partial charge < -0.3 is 29.0 Å². The number of hydrogen-bond donors (Lipinski definition) is 1. The second kappa shape index (κ2) is 10.9. The SMILES string of the molecule is COc1ccc(CCNC(=O)/C(C#N)=C\N2CCN(C(=O)c3ccco3)CC2)cc1OC. The predicted octanol–water partition coefficient (Wildman–Crippen LogP) is 1.82. The van der Waals surface area contributed by atoms with E-state index in [2.05, 4.69) is 5.32 Å². The molecule has 168 valence electrons. The number of nitrogens with one attached hydrogen (secondary N) is 1. The van der Waals surface area contributed by atoms with E-state index in [9.17, 15) is 14.9 Å². The van der Waals surface area contributed by atoms with Crippen molar-refractivity contribution in [1.29, 1.82) is 5.26 Å². The average Bonchev–Trinajstić information content (AvgIpc) is 3.37. The molecule has 0 spiro atoms. The van der Waals surface area contributed by atoms with E-state index < -0.39 is 5.91 Å². The van der Waals surface area contributed by atoms with Gasteiger partial charge in [0.15, 0.2) is 17.3 Å². The lowest BCUT2D eigenvalue weighted by molar-refractivity contribution is -0.117. The fraction of sp³-hybridized carbons (Fsp3) is 0.348. The molecule has 0 radical (unpaired) electrons. The molecule has 9 nitrogen and oxygen atoms in total. The number of piperazine rings is 1. The standard InChI is InChI=1S/C23H26N4O5/c1-30-19-6-5-17(14-21(19)31-2)7-8-25-22(28)18(15-24)16-26-9-11-27(12-10-26)23(29)20-4-3-13-32-20/h3-6,13-14,16H,7-12H2,1-2H3,(H,25,28)/b18-16-. The first-order chi connectivity index (χ1) is 15.5. The van der Waals surface area contributed by atoms with Gasteiger partial charge in [0.05, 0.1) is 20.5 Å². The van der Waals surface area contributed by atoms with Crippen LogP contribution in [0.2, 0.25) is 0 Å². The zero-order valence-corrected chi connectivity index (χ0v) is 18.2. The van der Waals surface area contributed by atoms with Gasteiger partial charge in [-0.15, -0.1) is 0 Å². The highest BCUT2D eigenvalue weighted by Crippen LogP contribution is 2.27. The minimum atomic E-state index is -0.429. The third-order valence-corrected chi connectivity index (χ3v) is 5.16. The van der Waals surface area contributed by atoms with Crippen LogP contribution in [0.15, 0.2) is 52.8 Å². The van der Waals surface area contributed by atoms with Crippen molar-refractivity contribution in [3.05, 3.63) is 59.7 Å². The molecule has 3 rings (SSSR count). The van der Waals surface area contributed by atoms with Crippen molar-refractivity contribution in [2.75, 3.05) is 46.9 Å². The first kappa shape index (κ1) is 22.7. The molecule has 2 aromatic rings. The number of ether oxygens (including phenoxy) is 2. The molecule has 32 heavy (non-hydrogen) atoms. The molecule has 1 aromatic carbocycles. The highest BCUT2D eigenvalue weighted by molar-refractivity contribution is 5.97. The van der Waals surface area contributed by atoms with Crippen molar-refractivity contribution in [1.82, 2.24) is 15.1 Å². The van der Waals surface area contributed by atoms with E-state index in [0.717, 1.165) is 5.56 Å². The molecule has 1 aliphatic heterocycles. The Bertz CT molecular complexity index is 1000. The molecular weight excluding hydrogens is 412 g/mol. The third-order valence-electron chi connectivity index (χ3n) is 5.16. The smallest absolute Gasteiger partial charge is 0.289 e. The van der Waals surface area contributed by atoms with Crippen molar-refractivity contribution >= 4 is 11.8 Å². The molecule has 9 heteroatoms. The van der Waals surface area contributed by atoms with Crippen LogP contribution in [0.25, 0.3) is 0 Å². The summed E-state index contributed by atoms with van der Waals surface area (Å²) in [5, 5.41) is 12.2. The zero-order valence-electron chi connectivity index (χ0n) is 18.2. The van der Waals surface area contributed by atoms with Gasteiger partial charge >= 0.3 is 0 Å². The second-order valence-corrected chi connectivity index (χ2v) is 7.16. The molecule has 1 aliphatic rings. The Morgan fingerprint density at radius 2 is 1.91 bits per heavy atom. The molecule has 0 saturated carbocycles. The summed E-state index contributed by atoms with van der Waals surface area (Å²) in [6.07, 6.45) is 3.61. The number of carbonyl (C=O) groups is 2. The Morgan fingerprint density at radius 3 is 2.53 bits per heavy atom. The van der Waals surface area contributed by atoms with Crippen molar-refractivity contribution in [3.8, 4) is 17.6 Å². The summed E-state index contributed by atoms with van der Waals surface area (Å²) >= 11 is 0.